The van der Waals surface area contributed by atoms with E-state index in [0.29, 0.717) is 10.1 Å². The van der Waals surface area contributed by atoms with Gasteiger partial charge in [0.2, 0.25) is 0 Å². The normalized spacial score (nSPS) is 17.5. The molecule has 0 bridgehead atoms. The SMILES string of the molecule is Cc1ccc(N=C2NC(=O)/C(=C/c3ccc(O)c(I)c3)S2)c(C)c1. The minimum atomic E-state index is -0.161. The molecule has 6 heteroatoms. The van der Waals surface area contributed by atoms with E-state index in [1.807, 2.05) is 32.0 Å². The minimum absolute atomic E-state index is 0.161. The molecule has 2 N–H and O–H groups in total. The molecule has 0 saturated carbocycles. The lowest BCUT2D eigenvalue weighted by Crippen LogP contribution is -2.19. The maximum absolute atomic E-state index is 12.1. The highest BCUT2D eigenvalue weighted by Crippen LogP contribution is 2.30. The molecule has 1 aliphatic heterocycles. The fourth-order valence-electron chi connectivity index (χ4n) is 2.29. The molecule has 1 fully saturated rings. The first-order chi connectivity index (χ1) is 11.4. The predicted octanol–water partition coefficient (Wildman–Crippen LogP) is 4.51. The number of rotatable bonds is 2. The first-order valence-corrected chi connectivity index (χ1v) is 9.17. The molecule has 0 radical (unpaired) electrons. The zero-order chi connectivity index (χ0) is 17.3. The maximum atomic E-state index is 12.1. The second-order valence-corrected chi connectivity index (χ2v) is 7.68. The molecular formula is C18H15IN2O2S. The summed E-state index contributed by atoms with van der Waals surface area (Å²) in [5.41, 5.74) is 3.97. The number of hydrogen-bond acceptors (Lipinski definition) is 4. The quantitative estimate of drug-likeness (QED) is 0.523. The topological polar surface area (TPSA) is 61.7 Å². The Kier molecular flexibility index (Phi) is 4.96. The highest BCUT2D eigenvalue weighted by atomic mass is 127. The monoisotopic (exact) mass is 450 g/mol. The van der Waals surface area contributed by atoms with Crippen molar-refractivity contribution in [1.29, 1.82) is 0 Å². The molecule has 1 saturated heterocycles. The molecule has 2 aromatic rings. The smallest absolute Gasteiger partial charge is 0.264 e. The summed E-state index contributed by atoms with van der Waals surface area (Å²) in [6.07, 6.45) is 1.80. The molecule has 0 spiro atoms. The third kappa shape index (κ3) is 3.81. The summed E-state index contributed by atoms with van der Waals surface area (Å²) >= 11 is 3.37. The molecule has 1 amide bonds. The van der Waals surface area contributed by atoms with Crippen molar-refractivity contribution in [3.8, 4) is 5.75 Å². The van der Waals surface area contributed by atoms with E-state index in [1.165, 1.54) is 17.3 Å². The van der Waals surface area contributed by atoms with Crippen molar-refractivity contribution in [3.05, 3.63) is 61.6 Å². The molecule has 2 aromatic carbocycles. The van der Waals surface area contributed by atoms with Crippen LogP contribution >= 0.6 is 34.4 Å². The molecule has 0 aliphatic carbocycles. The highest BCUT2D eigenvalue weighted by molar-refractivity contribution is 14.1. The van der Waals surface area contributed by atoms with Crippen molar-refractivity contribution >= 4 is 57.2 Å². The lowest BCUT2D eigenvalue weighted by atomic mass is 10.1. The second kappa shape index (κ2) is 6.98. The average molecular weight is 450 g/mol. The number of phenolic OH excluding ortho intramolecular Hbond substituents is 1. The Morgan fingerprint density at radius 3 is 2.71 bits per heavy atom. The molecule has 24 heavy (non-hydrogen) atoms. The standard InChI is InChI=1S/C18H15IN2O2S/c1-10-3-5-14(11(2)7-10)20-18-21-17(23)16(24-18)9-12-4-6-15(22)13(19)8-12/h3-9,22H,1-2H3,(H,20,21,23)/b16-9-. The molecule has 0 atom stereocenters. The molecule has 4 nitrogen and oxygen atoms in total. The number of benzene rings is 2. The number of nitrogens with zero attached hydrogens (tertiary/aromatic N) is 1. The second-order valence-electron chi connectivity index (χ2n) is 5.48. The third-order valence-corrected chi connectivity index (χ3v) is 5.27. The Morgan fingerprint density at radius 1 is 1.21 bits per heavy atom. The van der Waals surface area contributed by atoms with E-state index in [4.69, 9.17) is 0 Å². The van der Waals surface area contributed by atoms with Crippen LogP contribution in [0.3, 0.4) is 0 Å². The Labute approximate surface area is 158 Å². The van der Waals surface area contributed by atoms with Gasteiger partial charge >= 0.3 is 0 Å². The van der Waals surface area contributed by atoms with Crippen molar-refractivity contribution in [1.82, 2.24) is 5.32 Å². The van der Waals surface area contributed by atoms with Gasteiger partial charge in [0.15, 0.2) is 5.17 Å². The maximum Gasteiger partial charge on any atom is 0.264 e. The summed E-state index contributed by atoms with van der Waals surface area (Å²) in [7, 11) is 0. The molecule has 1 heterocycles. The fourth-order valence-corrected chi connectivity index (χ4v) is 3.66. The Morgan fingerprint density at radius 2 is 2.00 bits per heavy atom. The third-order valence-electron chi connectivity index (χ3n) is 3.49. The van der Waals surface area contributed by atoms with Crippen molar-refractivity contribution in [2.45, 2.75) is 13.8 Å². The van der Waals surface area contributed by atoms with Crippen LogP contribution in [0.4, 0.5) is 5.69 Å². The van der Waals surface area contributed by atoms with Crippen molar-refractivity contribution in [3.63, 3.8) is 0 Å². The number of carbonyl (C=O) groups is 1. The van der Waals surface area contributed by atoms with Crippen LogP contribution < -0.4 is 5.32 Å². The van der Waals surface area contributed by atoms with Crippen LogP contribution in [0.2, 0.25) is 0 Å². The number of phenols is 1. The predicted molar refractivity (Wildman–Crippen MR) is 108 cm³/mol. The highest BCUT2D eigenvalue weighted by Gasteiger charge is 2.24. The summed E-state index contributed by atoms with van der Waals surface area (Å²) in [5, 5.41) is 12.9. The largest absolute Gasteiger partial charge is 0.507 e. The Hall–Kier alpha value is -1.80. The van der Waals surface area contributed by atoms with E-state index < -0.39 is 0 Å². The lowest BCUT2D eigenvalue weighted by Gasteiger charge is -2.02. The number of nitrogens with one attached hydrogen (secondary N) is 1. The van der Waals surface area contributed by atoms with Gasteiger partial charge in [-0.15, -0.1) is 0 Å². The molecule has 3 rings (SSSR count). The number of carbonyl (C=O) groups excluding carboxylic acids is 1. The number of aryl methyl sites for hydroxylation is 2. The zero-order valence-corrected chi connectivity index (χ0v) is 16.1. The van der Waals surface area contributed by atoms with Gasteiger partial charge < -0.3 is 10.4 Å². The van der Waals surface area contributed by atoms with Gasteiger partial charge in [0.1, 0.15) is 5.75 Å². The van der Waals surface area contributed by atoms with E-state index in [-0.39, 0.29) is 11.7 Å². The molecule has 0 unspecified atom stereocenters. The zero-order valence-electron chi connectivity index (χ0n) is 13.1. The Bertz CT molecular complexity index is 891. The van der Waals surface area contributed by atoms with E-state index in [0.717, 1.165) is 20.4 Å². The number of amidine groups is 1. The van der Waals surface area contributed by atoms with Crippen LogP contribution in [0.15, 0.2) is 46.3 Å². The van der Waals surface area contributed by atoms with Crippen molar-refractivity contribution in [2.75, 3.05) is 0 Å². The van der Waals surface area contributed by atoms with E-state index in [1.54, 1.807) is 18.2 Å². The first kappa shape index (κ1) is 17.0. The van der Waals surface area contributed by atoms with Gasteiger partial charge in [-0.25, -0.2) is 4.99 Å². The molecule has 0 aromatic heterocycles. The molecule has 122 valence electrons. The number of aromatic hydroxyl groups is 1. The molecular weight excluding hydrogens is 435 g/mol. The van der Waals surface area contributed by atoms with Crippen LogP contribution in [0.25, 0.3) is 6.08 Å². The summed E-state index contributed by atoms with van der Waals surface area (Å²) in [6, 6.07) is 11.2. The lowest BCUT2D eigenvalue weighted by molar-refractivity contribution is -0.115. The summed E-state index contributed by atoms with van der Waals surface area (Å²) in [4.78, 5) is 17.3. The van der Waals surface area contributed by atoms with E-state index in [2.05, 4.69) is 39.0 Å². The number of thioether (sulfide) groups is 1. The van der Waals surface area contributed by atoms with Gasteiger partial charge in [-0.2, -0.15) is 0 Å². The first-order valence-electron chi connectivity index (χ1n) is 7.28. The summed E-state index contributed by atoms with van der Waals surface area (Å²) < 4.78 is 0.745. The van der Waals surface area contributed by atoms with Gasteiger partial charge in [-0.1, -0.05) is 23.8 Å². The van der Waals surface area contributed by atoms with Gasteiger partial charge in [0, 0.05) is 0 Å². The van der Waals surface area contributed by atoms with Gasteiger partial charge in [-0.05, 0) is 83.6 Å². The van der Waals surface area contributed by atoms with Crippen LogP contribution in [0, 0.1) is 17.4 Å². The number of aliphatic imine (C=N–C) groups is 1. The van der Waals surface area contributed by atoms with Crippen molar-refractivity contribution < 1.29 is 9.90 Å². The number of hydrogen-bond donors (Lipinski definition) is 2. The summed E-state index contributed by atoms with van der Waals surface area (Å²) in [5.74, 6) is 0.0740. The minimum Gasteiger partial charge on any atom is -0.507 e. The number of halogens is 1. The van der Waals surface area contributed by atoms with Crippen LogP contribution in [-0.4, -0.2) is 16.2 Å². The van der Waals surface area contributed by atoms with E-state index in [9.17, 15) is 9.90 Å². The molecule has 1 aliphatic rings. The van der Waals surface area contributed by atoms with Crippen LogP contribution in [0.5, 0.6) is 5.75 Å². The Balaban J connectivity index is 1.86. The van der Waals surface area contributed by atoms with Crippen LogP contribution in [-0.2, 0) is 4.79 Å². The van der Waals surface area contributed by atoms with Gasteiger partial charge in [0.05, 0.1) is 14.2 Å². The number of amides is 1. The van der Waals surface area contributed by atoms with Crippen molar-refractivity contribution in [2.24, 2.45) is 4.99 Å². The van der Waals surface area contributed by atoms with Gasteiger partial charge in [-0.3, -0.25) is 4.79 Å². The average Bonchev–Trinajstić information content (AvgIpc) is 2.86. The van der Waals surface area contributed by atoms with E-state index >= 15 is 0 Å². The van der Waals surface area contributed by atoms with Gasteiger partial charge in [0.25, 0.3) is 5.91 Å². The van der Waals surface area contributed by atoms with Crippen LogP contribution in [0.1, 0.15) is 16.7 Å². The summed E-state index contributed by atoms with van der Waals surface area (Å²) in [6.45, 7) is 4.04. The fraction of sp³-hybridized carbons (Fsp3) is 0.111.